The van der Waals surface area contributed by atoms with E-state index in [0.29, 0.717) is 0 Å². The Hall–Kier alpha value is -0.790. The third kappa shape index (κ3) is 4.13. The highest BCUT2D eigenvalue weighted by atomic mass is 16.5. The van der Waals surface area contributed by atoms with Crippen LogP contribution in [-0.4, -0.2) is 11.9 Å². The number of carbonyl (C=O) groups is 1. The van der Waals surface area contributed by atoms with Crippen molar-refractivity contribution in [2.24, 2.45) is 0 Å². The Labute approximate surface area is 61.9 Å². The van der Waals surface area contributed by atoms with Crippen LogP contribution in [0.15, 0.2) is 11.8 Å². The molecule has 10 heavy (non-hydrogen) atoms. The van der Waals surface area contributed by atoms with Gasteiger partial charge >= 0.3 is 0 Å². The highest BCUT2D eigenvalue weighted by molar-refractivity contribution is 5.60. The zero-order valence-corrected chi connectivity index (χ0v) is 6.97. The van der Waals surface area contributed by atoms with Gasteiger partial charge in [0, 0.05) is 0 Å². The van der Waals surface area contributed by atoms with Crippen molar-refractivity contribution in [1.82, 2.24) is 0 Å². The van der Waals surface area contributed by atoms with Gasteiger partial charge in [-0.2, -0.15) is 0 Å². The molecule has 0 unspecified atom stereocenters. The van der Waals surface area contributed by atoms with Crippen LogP contribution >= 0.6 is 0 Å². The molecule has 2 heteroatoms. The zero-order chi connectivity index (χ0) is 8.20. The maximum Gasteiger partial charge on any atom is 0.162 e. The maximum atomic E-state index is 10.3. The Morgan fingerprint density at radius 3 is 2.20 bits per heavy atom. The summed E-state index contributed by atoms with van der Waals surface area (Å²) in [6, 6.07) is 0. The Morgan fingerprint density at radius 1 is 1.40 bits per heavy atom. The second-order valence-electron chi connectivity index (χ2n) is 3.03. The molecular weight excluding hydrogens is 128 g/mol. The van der Waals surface area contributed by atoms with E-state index in [1.807, 2.05) is 13.8 Å². The third-order valence-electron chi connectivity index (χ3n) is 0.882. The van der Waals surface area contributed by atoms with E-state index in [4.69, 9.17) is 4.74 Å². The van der Waals surface area contributed by atoms with Crippen molar-refractivity contribution < 1.29 is 9.53 Å². The van der Waals surface area contributed by atoms with Gasteiger partial charge in [-0.05, 0) is 33.3 Å². The van der Waals surface area contributed by atoms with Crippen molar-refractivity contribution in [1.29, 1.82) is 0 Å². The summed E-state index contributed by atoms with van der Waals surface area (Å²) in [5.74, 6) is 0. The number of hydrogen-bond acceptors (Lipinski definition) is 2. The molecule has 2 nitrogen and oxygen atoms in total. The van der Waals surface area contributed by atoms with E-state index in [1.165, 1.54) is 0 Å². The van der Waals surface area contributed by atoms with E-state index in [0.717, 1.165) is 11.9 Å². The molecule has 0 N–H and O–H groups in total. The van der Waals surface area contributed by atoms with Gasteiger partial charge in [0.25, 0.3) is 0 Å². The molecule has 0 atom stereocenters. The Kier molecular flexibility index (Phi) is 3.13. The molecular formula is C8H14O2. The second-order valence-corrected chi connectivity index (χ2v) is 3.03. The molecule has 0 aliphatic heterocycles. The average Bonchev–Trinajstić information content (AvgIpc) is 1.85. The van der Waals surface area contributed by atoms with Crippen molar-refractivity contribution in [3.63, 3.8) is 0 Å². The highest BCUT2D eigenvalue weighted by Crippen LogP contribution is 2.06. The van der Waals surface area contributed by atoms with E-state index in [1.54, 1.807) is 20.1 Å². The minimum Gasteiger partial charge on any atom is -0.488 e. The van der Waals surface area contributed by atoms with Crippen LogP contribution in [0.1, 0.15) is 27.7 Å². The first-order valence-electron chi connectivity index (χ1n) is 3.25. The van der Waals surface area contributed by atoms with Crippen LogP contribution in [0.3, 0.4) is 0 Å². The van der Waals surface area contributed by atoms with Gasteiger partial charge in [0.1, 0.15) is 0 Å². The van der Waals surface area contributed by atoms with E-state index >= 15 is 0 Å². The van der Waals surface area contributed by atoms with Gasteiger partial charge in [-0.15, -0.1) is 0 Å². The number of aldehydes is 1. The monoisotopic (exact) mass is 142 g/mol. The van der Waals surface area contributed by atoms with Crippen molar-refractivity contribution in [3.8, 4) is 0 Å². The van der Waals surface area contributed by atoms with Crippen LogP contribution in [0.4, 0.5) is 0 Å². The molecule has 0 saturated heterocycles. The summed E-state index contributed by atoms with van der Waals surface area (Å²) in [6.07, 6.45) is 2.38. The predicted octanol–water partition coefficient (Wildman–Crippen LogP) is 1.90. The first kappa shape index (κ1) is 9.21. The van der Waals surface area contributed by atoms with Crippen molar-refractivity contribution in [2.75, 3.05) is 0 Å². The molecule has 0 heterocycles. The van der Waals surface area contributed by atoms with Crippen LogP contribution < -0.4 is 0 Å². The third-order valence-corrected chi connectivity index (χ3v) is 0.882. The van der Waals surface area contributed by atoms with Crippen molar-refractivity contribution in [2.45, 2.75) is 33.3 Å². The fraction of sp³-hybridized carbons (Fsp3) is 0.625. The van der Waals surface area contributed by atoms with E-state index in [9.17, 15) is 4.79 Å². The molecule has 0 aliphatic rings. The smallest absolute Gasteiger partial charge is 0.162 e. The SMILES string of the molecule is CC(C)=COC(C)(C)C=O. The summed E-state index contributed by atoms with van der Waals surface area (Å²) in [5.41, 5.74) is 0.368. The molecule has 0 aromatic carbocycles. The Balaban J connectivity index is 3.90. The molecule has 0 aliphatic carbocycles. The summed E-state index contributed by atoms with van der Waals surface area (Å²) < 4.78 is 5.11. The van der Waals surface area contributed by atoms with Gasteiger partial charge in [0.2, 0.25) is 0 Å². The molecule has 0 spiro atoms. The van der Waals surface area contributed by atoms with Crippen LogP contribution in [0.2, 0.25) is 0 Å². The molecule has 0 fully saturated rings. The first-order valence-corrected chi connectivity index (χ1v) is 3.25. The van der Waals surface area contributed by atoms with Gasteiger partial charge in [-0.25, -0.2) is 0 Å². The maximum absolute atomic E-state index is 10.3. The van der Waals surface area contributed by atoms with Crippen LogP contribution in [0.5, 0.6) is 0 Å². The summed E-state index contributed by atoms with van der Waals surface area (Å²) in [5, 5.41) is 0. The van der Waals surface area contributed by atoms with Crippen LogP contribution in [0.25, 0.3) is 0 Å². The normalized spacial score (nSPS) is 10.4. The minimum absolute atomic E-state index is 0.683. The van der Waals surface area contributed by atoms with E-state index in [2.05, 4.69) is 0 Å². The summed E-state index contributed by atoms with van der Waals surface area (Å²) in [4.78, 5) is 10.3. The van der Waals surface area contributed by atoms with E-state index < -0.39 is 5.60 Å². The zero-order valence-electron chi connectivity index (χ0n) is 6.97. The molecule has 0 saturated carbocycles. The van der Waals surface area contributed by atoms with E-state index in [-0.39, 0.29) is 0 Å². The summed E-state index contributed by atoms with van der Waals surface area (Å²) in [6.45, 7) is 7.28. The largest absolute Gasteiger partial charge is 0.488 e. The van der Waals surface area contributed by atoms with Gasteiger partial charge in [0.15, 0.2) is 11.9 Å². The van der Waals surface area contributed by atoms with Gasteiger partial charge in [-0.1, -0.05) is 0 Å². The Morgan fingerprint density at radius 2 is 1.90 bits per heavy atom. The topological polar surface area (TPSA) is 26.3 Å². The van der Waals surface area contributed by atoms with Crippen LogP contribution in [0, 0.1) is 0 Å². The fourth-order valence-electron chi connectivity index (χ4n) is 0.298. The summed E-state index contributed by atoms with van der Waals surface area (Å²) in [7, 11) is 0. The lowest BCUT2D eigenvalue weighted by atomic mass is 10.2. The summed E-state index contributed by atoms with van der Waals surface area (Å²) >= 11 is 0. The number of carbonyl (C=O) groups excluding carboxylic acids is 1. The van der Waals surface area contributed by atoms with Gasteiger partial charge in [-0.3, -0.25) is 4.79 Å². The lowest BCUT2D eigenvalue weighted by Gasteiger charge is -2.16. The fourth-order valence-corrected chi connectivity index (χ4v) is 0.298. The lowest BCUT2D eigenvalue weighted by Crippen LogP contribution is -2.23. The second kappa shape index (κ2) is 3.40. The van der Waals surface area contributed by atoms with Gasteiger partial charge in [0.05, 0.1) is 6.26 Å². The number of rotatable bonds is 3. The molecule has 0 aromatic rings. The average molecular weight is 142 g/mol. The van der Waals surface area contributed by atoms with Crippen molar-refractivity contribution >= 4 is 6.29 Å². The molecule has 0 rings (SSSR count). The number of hydrogen-bond donors (Lipinski definition) is 0. The molecule has 0 amide bonds. The van der Waals surface area contributed by atoms with Gasteiger partial charge < -0.3 is 4.74 Å². The number of ether oxygens (including phenoxy) is 1. The standard InChI is InChI=1S/C8H14O2/c1-7(2)5-10-8(3,4)6-9/h5-6H,1-4H3. The predicted molar refractivity (Wildman–Crippen MR) is 40.7 cm³/mol. The van der Waals surface area contributed by atoms with Crippen molar-refractivity contribution in [3.05, 3.63) is 11.8 Å². The quantitative estimate of drug-likeness (QED) is 0.444. The lowest BCUT2D eigenvalue weighted by molar-refractivity contribution is -0.121. The Bertz CT molecular complexity index is 141. The molecule has 58 valence electrons. The molecule has 0 aromatic heterocycles. The first-order chi connectivity index (χ1) is 4.48. The molecule has 0 radical (unpaired) electrons. The highest BCUT2D eigenvalue weighted by Gasteiger charge is 2.14. The van der Waals surface area contributed by atoms with Crippen LogP contribution in [-0.2, 0) is 9.53 Å². The minimum atomic E-state index is -0.683. The molecule has 0 bridgehead atoms. The number of allylic oxidation sites excluding steroid dienone is 1.